The molecule has 11 nitrogen and oxygen atoms in total. The SMILES string of the molecule is CC(C)C(NC(=O)CCC(C)(C)OCCC(C)(C)N1C(=O)C(Br)=C(Br)C1=O)C(=O)N[C@@H](C)C(=O)Nc1ccc(CO)cc1. The van der Waals surface area contributed by atoms with Crippen molar-refractivity contribution in [1.82, 2.24) is 15.5 Å². The maximum absolute atomic E-state index is 13.0. The monoisotopic (exact) mass is 728 g/mol. The highest BCUT2D eigenvalue weighted by Crippen LogP contribution is 2.35. The van der Waals surface area contributed by atoms with E-state index in [-0.39, 0.29) is 40.4 Å². The highest BCUT2D eigenvalue weighted by atomic mass is 79.9. The Kier molecular flexibility index (Phi) is 13.1. The fourth-order valence-corrected chi connectivity index (χ4v) is 4.99. The van der Waals surface area contributed by atoms with Crippen LogP contribution >= 0.6 is 31.9 Å². The van der Waals surface area contributed by atoms with Gasteiger partial charge in [0.25, 0.3) is 11.8 Å². The predicted octanol–water partition coefficient (Wildman–Crippen LogP) is 3.88. The molecule has 2 rings (SSSR count). The third-order valence-electron chi connectivity index (χ3n) is 7.16. The molecule has 0 saturated carbocycles. The average Bonchev–Trinajstić information content (AvgIpc) is 3.12. The maximum atomic E-state index is 13.0. The molecule has 13 heteroatoms. The van der Waals surface area contributed by atoms with E-state index in [0.717, 1.165) is 0 Å². The number of imide groups is 1. The van der Waals surface area contributed by atoms with Gasteiger partial charge in [-0.25, -0.2) is 0 Å². The van der Waals surface area contributed by atoms with Crippen molar-refractivity contribution in [2.24, 2.45) is 5.92 Å². The molecular weight excluding hydrogens is 688 g/mol. The molecule has 0 radical (unpaired) electrons. The van der Waals surface area contributed by atoms with Gasteiger partial charge in [-0.2, -0.15) is 0 Å². The number of nitrogens with one attached hydrogen (secondary N) is 3. The molecule has 0 fully saturated rings. The van der Waals surface area contributed by atoms with Gasteiger partial charge in [-0.3, -0.25) is 28.9 Å². The average molecular weight is 730 g/mol. The largest absolute Gasteiger partial charge is 0.392 e. The Labute approximate surface area is 269 Å². The first-order valence-electron chi connectivity index (χ1n) is 14.1. The molecule has 1 heterocycles. The fraction of sp³-hybridized carbons (Fsp3) is 0.567. The number of hydrogen-bond acceptors (Lipinski definition) is 7. The van der Waals surface area contributed by atoms with E-state index >= 15 is 0 Å². The molecule has 1 aliphatic heterocycles. The van der Waals surface area contributed by atoms with Crippen molar-refractivity contribution >= 4 is 67.1 Å². The van der Waals surface area contributed by atoms with Crippen molar-refractivity contribution in [2.75, 3.05) is 11.9 Å². The number of amides is 5. The van der Waals surface area contributed by atoms with Crippen molar-refractivity contribution in [1.29, 1.82) is 0 Å². The van der Waals surface area contributed by atoms with Crippen LogP contribution in [0, 0.1) is 5.92 Å². The topological polar surface area (TPSA) is 154 Å². The molecule has 43 heavy (non-hydrogen) atoms. The zero-order valence-electron chi connectivity index (χ0n) is 25.7. The lowest BCUT2D eigenvalue weighted by molar-refractivity contribution is -0.144. The van der Waals surface area contributed by atoms with Crippen molar-refractivity contribution in [2.45, 2.75) is 97.6 Å². The highest BCUT2D eigenvalue weighted by Gasteiger charge is 2.44. The van der Waals surface area contributed by atoms with Gasteiger partial charge in [0.2, 0.25) is 17.7 Å². The van der Waals surface area contributed by atoms with E-state index in [1.165, 1.54) is 4.90 Å². The molecule has 1 aromatic carbocycles. The Hall–Kier alpha value is -2.61. The third-order valence-corrected chi connectivity index (χ3v) is 9.17. The molecule has 238 valence electrons. The summed E-state index contributed by atoms with van der Waals surface area (Å²) in [5.74, 6) is -2.28. The van der Waals surface area contributed by atoms with Crippen molar-refractivity contribution in [3.63, 3.8) is 0 Å². The standard InChI is InChI=1S/C30H42Br2N4O7/c1-17(2)24(26(40)33-18(3)25(39)34-20-10-8-19(16-37)9-11-20)35-21(38)12-13-30(6,7)43-15-14-29(4,5)36-27(41)22(31)23(32)28(36)42/h8-11,17-18,24,37H,12-16H2,1-7H3,(H,33,40)(H,34,39)(H,35,38)/t18-,24?/m0/s1. The molecule has 0 spiro atoms. The zero-order valence-corrected chi connectivity index (χ0v) is 28.8. The summed E-state index contributed by atoms with van der Waals surface area (Å²) in [6.45, 7) is 12.6. The van der Waals surface area contributed by atoms with Crippen LogP contribution in [0.1, 0.15) is 73.3 Å². The van der Waals surface area contributed by atoms with Crippen molar-refractivity contribution < 1.29 is 33.8 Å². The van der Waals surface area contributed by atoms with Gasteiger partial charge < -0.3 is 25.8 Å². The second-order valence-electron chi connectivity index (χ2n) is 12.1. The van der Waals surface area contributed by atoms with E-state index in [1.54, 1.807) is 58.9 Å². The van der Waals surface area contributed by atoms with Gasteiger partial charge in [0.1, 0.15) is 21.0 Å². The Bertz CT molecular complexity index is 1220. The molecule has 4 N–H and O–H groups in total. The van der Waals surface area contributed by atoms with Crippen LogP contribution in [0.2, 0.25) is 0 Å². The normalized spacial score (nSPS) is 15.6. The summed E-state index contributed by atoms with van der Waals surface area (Å²) >= 11 is 6.29. The number of aliphatic hydroxyl groups is 1. The Morgan fingerprint density at radius 1 is 0.907 bits per heavy atom. The van der Waals surface area contributed by atoms with Gasteiger partial charge in [-0.1, -0.05) is 26.0 Å². The van der Waals surface area contributed by atoms with Gasteiger partial charge in [0.05, 0.1) is 12.2 Å². The minimum absolute atomic E-state index is 0.0969. The molecule has 1 unspecified atom stereocenters. The summed E-state index contributed by atoms with van der Waals surface area (Å²) in [5.41, 5.74) is -0.251. The van der Waals surface area contributed by atoms with Crippen molar-refractivity contribution in [3.8, 4) is 0 Å². The molecule has 0 aliphatic carbocycles. The van der Waals surface area contributed by atoms with Gasteiger partial charge in [0, 0.05) is 24.3 Å². The van der Waals surface area contributed by atoms with Gasteiger partial charge in [0.15, 0.2) is 0 Å². The minimum Gasteiger partial charge on any atom is -0.392 e. The van der Waals surface area contributed by atoms with E-state index in [1.807, 2.05) is 13.8 Å². The third kappa shape index (κ3) is 10.2. The number of ether oxygens (including phenoxy) is 1. The lowest BCUT2D eigenvalue weighted by Gasteiger charge is -2.35. The molecule has 1 aromatic rings. The number of halogens is 2. The van der Waals surface area contributed by atoms with E-state index in [4.69, 9.17) is 9.84 Å². The van der Waals surface area contributed by atoms with E-state index in [0.29, 0.717) is 24.1 Å². The maximum Gasteiger partial charge on any atom is 0.269 e. The Morgan fingerprint density at radius 3 is 1.98 bits per heavy atom. The number of hydrogen-bond donors (Lipinski definition) is 4. The lowest BCUT2D eigenvalue weighted by Crippen LogP contribution is -2.53. The lowest BCUT2D eigenvalue weighted by atomic mass is 9.97. The van der Waals surface area contributed by atoms with Crippen LogP contribution in [-0.4, -0.2) is 69.4 Å². The highest BCUT2D eigenvalue weighted by molar-refractivity contribution is 9.14. The first-order valence-corrected chi connectivity index (χ1v) is 15.7. The van der Waals surface area contributed by atoms with Crippen LogP contribution in [0.3, 0.4) is 0 Å². The Balaban J connectivity index is 1.85. The van der Waals surface area contributed by atoms with Crippen LogP contribution in [0.25, 0.3) is 0 Å². The fourth-order valence-electron chi connectivity index (χ4n) is 4.30. The summed E-state index contributed by atoms with van der Waals surface area (Å²) < 4.78 is 6.42. The summed E-state index contributed by atoms with van der Waals surface area (Å²) in [6.07, 6.45) is 0.843. The molecule has 0 saturated heterocycles. The van der Waals surface area contributed by atoms with E-state index in [9.17, 15) is 24.0 Å². The summed E-state index contributed by atoms with van der Waals surface area (Å²) in [5, 5.41) is 17.3. The van der Waals surface area contributed by atoms with E-state index in [2.05, 4.69) is 47.8 Å². The molecule has 0 aromatic heterocycles. The van der Waals surface area contributed by atoms with Crippen molar-refractivity contribution in [3.05, 3.63) is 38.8 Å². The number of benzene rings is 1. The number of aliphatic hydroxyl groups excluding tert-OH is 1. The number of nitrogens with zero attached hydrogens (tertiary/aromatic N) is 1. The molecule has 5 amide bonds. The van der Waals surface area contributed by atoms with Gasteiger partial charge >= 0.3 is 0 Å². The number of carbonyl (C=O) groups excluding carboxylic acids is 5. The van der Waals surface area contributed by atoms with Crippen LogP contribution < -0.4 is 16.0 Å². The quantitative estimate of drug-likeness (QED) is 0.200. The molecular formula is C30H42Br2N4O7. The van der Waals surface area contributed by atoms with E-state index < -0.39 is 46.9 Å². The van der Waals surface area contributed by atoms with Gasteiger partial charge in [-0.15, -0.1) is 0 Å². The number of carbonyl (C=O) groups is 5. The summed E-state index contributed by atoms with van der Waals surface area (Å²) in [4.78, 5) is 64.6. The molecule has 2 atom stereocenters. The summed E-state index contributed by atoms with van der Waals surface area (Å²) in [7, 11) is 0. The van der Waals surface area contributed by atoms with Crippen LogP contribution in [0.5, 0.6) is 0 Å². The first-order chi connectivity index (χ1) is 19.9. The predicted molar refractivity (Wildman–Crippen MR) is 170 cm³/mol. The zero-order chi connectivity index (χ0) is 32.7. The van der Waals surface area contributed by atoms with Gasteiger partial charge in [-0.05, 0) is 103 Å². The summed E-state index contributed by atoms with van der Waals surface area (Å²) in [6, 6.07) is 4.98. The first kappa shape index (κ1) is 36.6. The number of anilines is 1. The van der Waals surface area contributed by atoms with Crippen LogP contribution in [0.15, 0.2) is 33.2 Å². The Morgan fingerprint density at radius 2 is 1.47 bits per heavy atom. The molecule has 0 bridgehead atoms. The second kappa shape index (κ2) is 15.4. The molecule has 1 aliphatic rings. The smallest absolute Gasteiger partial charge is 0.269 e. The number of rotatable bonds is 15. The minimum atomic E-state index is -0.857. The van der Waals surface area contributed by atoms with Crippen LogP contribution in [-0.2, 0) is 35.3 Å². The van der Waals surface area contributed by atoms with Crippen LogP contribution in [0.4, 0.5) is 5.69 Å². The second-order valence-corrected chi connectivity index (χ2v) is 13.7.